The van der Waals surface area contributed by atoms with Crippen LogP contribution in [0.5, 0.6) is 0 Å². The van der Waals surface area contributed by atoms with Gasteiger partial charge in [0.25, 0.3) is 10.1 Å². The van der Waals surface area contributed by atoms with Crippen LogP contribution in [0.25, 0.3) is 0 Å². The van der Waals surface area contributed by atoms with Crippen LogP contribution in [-0.4, -0.2) is 84.3 Å². The summed E-state index contributed by atoms with van der Waals surface area (Å²) >= 11 is 0. The lowest BCUT2D eigenvalue weighted by atomic mass is 10.3. The second-order valence-electron chi connectivity index (χ2n) is 5.43. The Balaban J connectivity index is 0.000000541. The van der Waals surface area contributed by atoms with Gasteiger partial charge in [-0.15, -0.1) is 0 Å². The van der Waals surface area contributed by atoms with E-state index in [9.17, 15) is 51.6 Å². The van der Waals surface area contributed by atoms with Gasteiger partial charge in [-0.1, -0.05) is 4.13 Å². The Morgan fingerprint density at radius 1 is 0.828 bits per heavy atom. The van der Waals surface area contributed by atoms with Crippen LogP contribution < -0.4 is 4.13 Å². The number of alkyl halides is 6. The van der Waals surface area contributed by atoms with Gasteiger partial charge in [-0.25, -0.2) is 16.8 Å². The Morgan fingerprint density at radius 2 is 1.24 bits per heavy atom. The van der Waals surface area contributed by atoms with Crippen molar-refractivity contribution in [2.75, 3.05) is 38.6 Å². The highest BCUT2D eigenvalue weighted by molar-refractivity contribution is 8.05. The van der Waals surface area contributed by atoms with Gasteiger partial charge in [0.1, 0.15) is 0 Å². The van der Waals surface area contributed by atoms with E-state index in [2.05, 4.69) is 4.90 Å². The summed E-state index contributed by atoms with van der Waals surface area (Å²) in [6.07, 6.45) is 1.33. The van der Waals surface area contributed by atoms with Crippen molar-refractivity contribution in [2.45, 2.75) is 23.9 Å². The van der Waals surface area contributed by atoms with Crippen LogP contribution >= 0.6 is 0 Å². The topological polar surface area (TPSA) is 147 Å². The summed E-state index contributed by atoms with van der Waals surface area (Å²) in [5.74, 6) is -0.128. The Kier molecular flexibility index (Phi) is 10.3. The van der Waals surface area contributed by atoms with E-state index in [1.54, 1.807) is 0 Å². The molecule has 1 heterocycles. The van der Waals surface area contributed by atoms with E-state index in [1.165, 1.54) is 0 Å². The fraction of sp³-hybridized carbons (Fsp3) is 1.00. The Bertz CT molecular complexity index is 774. The molecule has 1 rings (SSSR count). The van der Waals surface area contributed by atoms with Crippen molar-refractivity contribution < 1.29 is 60.9 Å². The molecule has 0 spiro atoms. The number of morpholine rings is 1. The van der Waals surface area contributed by atoms with E-state index in [0.29, 0.717) is 6.42 Å². The van der Waals surface area contributed by atoms with Crippen LogP contribution in [0.4, 0.5) is 26.3 Å². The number of nitrogens with one attached hydrogen (secondary N) is 1. The van der Waals surface area contributed by atoms with E-state index >= 15 is 0 Å². The Morgan fingerprint density at radius 3 is 1.59 bits per heavy atom. The number of nitrogens with zero attached hydrogens (tertiary/aromatic N) is 1. The van der Waals surface area contributed by atoms with Crippen molar-refractivity contribution in [3.05, 3.63) is 0 Å². The minimum absolute atomic E-state index is 0.128. The Labute approximate surface area is 163 Å². The number of hydrogen-bond donors (Lipinski definition) is 2. The molecule has 1 fully saturated rings. The van der Waals surface area contributed by atoms with Crippen molar-refractivity contribution in [3.8, 4) is 0 Å². The molecule has 10 nitrogen and oxygen atoms in total. The normalized spacial score (nSPS) is 17.5. The largest absolute Gasteiger partial charge is 0.512 e. The van der Waals surface area contributed by atoms with Gasteiger partial charge in [-0.2, -0.15) is 34.8 Å². The molecule has 0 amide bonds. The van der Waals surface area contributed by atoms with E-state index in [0.717, 1.165) is 39.3 Å². The van der Waals surface area contributed by atoms with E-state index in [1.807, 2.05) is 0 Å². The molecule has 0 atom stereocenters. The summed E-state index contributed by atoms with van der Waals surface area (Å²) < 4.78 is 143. The third-order valence-electron chi connectivity index (χ3n) is 3.06. The molecule has 0 aromatic carbocycles. The molecule has 0 aromatic heterocycles. The number of unbranched alkanes of at least 4 members (excludes halogenated alkanes) is 1. The fourth-order valence-corrected chi connectivity index (χ4v) is 4.16. The summed E-state index contributed by atoms with van der Waals surface area (Å²) in [5.41, 5.74) is -12.3. The molecule has 0 aliphatic carbocycles. The van der Waals surface area contributed by atoms with Gasteiger partial charge in [-0.05, 0) is 19.4 Å². The number of ether oxygens (including phenoxy) is 1. The zero-order chi connectivity index (χ0) is 23.1. The van der Waals surface area contributed by atoms with Gasteiger partial charge >= 0.3 is 31.1 Å². The molecule has 1 aliphatic heterocycles. The van der Waals surface area contributed by atoms with Crippen LogP contribution in [0.2, 0.25) is 0 Å². The zero-order valence-electron chi connectivity index (χ0n) is 14.4. The molecule has 0 saturated carbocycles. The van der Waals surface area contributed by atoms with Gasteiger partial charge in [0, 0.05) is 13.1 Å². The average molecular weight is 504 g/mol. The van der Waals surface area contributed by atoms with Crippen LogP contribution in [0.15, 0.2) is 0 Å². The Hall–Kier alpha value is -0.730. The minimum atomic E-state index is -6.60. The maximum Gasteiger partial charge on any atom is 0.512 e. The lowest BCUT2D eigenvalue weighted by Crippen LogP contribution is -2.45. The van der Waals surface area contributed by atoms with Crippen molar-refractivity contribution >= 4 is 30.2 Å². The SMILES string of the molecule is O=S(=O)(NS(=O)(=O)C(F)(F)F)C(F)(F)F.O=S(=O)(O)CCCCN1CCOCC1. The van der Waals surface area contributed by atoms with Gasteiger partial charge in [-0.3, -0.25) is 9.45 Å². The van der Waals surface area contributed by atoms with Crippen molar-refractivity contribution in [1.29, 1.82) is 0 Å². The van der Waals surface area contributed by atoms with Crippen molar-refractivity contribution in [2.24, 2.45) is 0 Å². The van der Waals surface area contributed by atoms with Crippen molar-refractivity contribution in [1.82, 2.24) is 9.03 Å². The zero-order valence-corrected chi connectivity index (χ0v) is 16.9. The first-order valence-corrected chi connectivity index (χ1v) is 12.0. The maximum atomic E-state index is 11.5. The molecular formula is C10H18F6N2O8S3. The minimum Gasteiger partial charge on any atom is -0.379 e. The smallest absolute Gasteiger partial charge is 0.379 e. The molecule has 176 valence electrons. The number of halogens is 6. The van der Waals surface area contributed by atoms with Crippen molar-refractivity contribution in [3.63, 3.8) is 0 Å². The number of sulfonamides is 2. The monoisotopic (exact) mass is 504 g/mol. The molecule has 0 bridgehead atoms. The maximum absolute atomic E-state index is 11.5. The average Bonchev–Trinajstić information content (AvgIpc) is 2.49. The van der Waals surface area contributed by atoms with Gasteiger partial charge < -0.3 is 4.74 Å². The van der Waals surface area contributed by atoms with Crippen LogP contribution in [0, 0.1) is 0 Å². The lowest BCUT2D eigenvalue weighted by Gasteiger charge is -2.26. The third kappa shape index (κ3) is 11.3. The summed E-state index contributed by atoms with van der Waals surface area (Å²) in [4.78, 5) is 2.24. The summed E-state index contributed by atoms with van der Waals surface area (Å²) in [7, 11) is -17.0. The second-order valence-corrected chi connectivity index (χ2v) is 10.6. The van der Waals surface area contributed by atoms with Gasteiger partial charge in [0.2, 0.25) is 0 Å². The van der Waals surface area contributed by atoms with Crippen LogP contribution in [-0.2, 0) is 34.9 Å². The summed E-state index contributed by atoms with van der Waals surface area (Å²) in [6, 6.07) is 0. The summed E-state index contributed by atoms with van der Waals surface area (Å²) in [5, 5.41) is 0. The van der Waals surface area contributed by atoms with E-state index in [-0.39, 0.29) is 5.75 Å². The van der Waals surface area contributed by atoms with Crippen LogP contribution in [0.3, 0.4) is 0 Å². The molecule has 0 radical (unpaired) electrons. The first-order valence-electron chi connectivity index (χ1n) is 7.45. The first-order chi connectivity index (χ1) is 12.8. The van der Waals surface area contributed by atoms with Gasteiger partial charge in [0.05, 0.1) is 19.0 Å². The predicted octanol–water partition coefficient (Wildman–Crippen LogP) is 0.262. The highest BCUT2D eigenvalue weighted by Crippen LogP contribution is 2.27. The number of hydrogen-bond acceptors (Lipinski definition) is 8. The molecule has 1 saturated heterocycles. The highest BCUT2D eigenvalue weighted by atomic mass is 32.3. The fourth-order valence-electron chi connectivity index (χ4n) is 1.68. The molecule has 0 unspecified atom stereocenters. The predicted molar refractivity (Wildman–Crippen MR) is 86.0 cm³/mol. The third-order valence-corrected chi connectivity index (χ3v) is 6.84. The molecular weight excluding hydrogens is 486 g/mol. The standard InChI is InChI=1S/C8H17NO4S.C2HF6NO4S2/c10-14(11,12)8-2-1-3-9-4-6-13-7-5-9;3-1(4,5)14(10,11)9-15(12,13)2(6,7)8/h1-8H2,(H,10,11,12);9H. The molecule has 1 aliphatic rings. The van der Waals surface area contributed by atoms with E-state index in [4.69, 9.17) is 9.29 Å². The molecule has 0 aromatic rings. The lowest BCUT2D eigenvalue weighted by molar-refractivity contribution is -0.0476. The summed E-state index contributed by atoms with van der Waals surface area (Å²) in [6.45, 7) is 4.26. The van der Waals surface area contributed by atoms with Crippen LogP contribution in [0.1, 0.15) is 12.8 Å². The molecule has 29 heavy (non-hydrogen) atoms. The van der Waals surface area contributed by atoms with E-state index < -0.39 is 45.3 Å². The molecule has 19 heteroatoms. The molecule has 2 N–H and O–H groups in total. The highest BCUT2D eigenvalue weighted by Gasteiger charge is 2.55. The first kappa shape index (κ1) is 28.3. The quantitative estimate of drug-likeness (QED) is 0.283. The van der Waals surface area contributed by atoms with Gasteiger partial charge in [0.15, 0.2) is 0 Å². The number of rotatable bonds is 7. The second kappa shape index (κ2) is 10.5.